The number of hydrogen-bond donors (Lipinski definition) is 1. The third-order valence-corrected chi connectivity index (χ3v) is 3.56. The average molecular weight is 274 g/mol. The number of rotatable bonds is 3. The minimum Gasteiger partial charge on any atom is -0.464 e. The summed E-state index contributed by atoms with van der Waals surface area (Å²) in [6.45, 7) is 3.61. The summed E-state index contributed by atoms with van der Waals surface area (Å²) < 4.78 is 5.36. The second kappa shape index (κ2) is 5.50. The quantitative estimate of drug-likeness (QED) is 0.892. The van der Waals surface area contributed by atoms with E-state index in [4.69, 9.17) is 4.42 Å². The van der Waals surface area contributed by atoms with E-state index < -0.39 is 0 Å². The Balaban J connectivity index is 1.73. The first-order valence-electron chi connectivity index (χ1n) is 6.77. The van der Waals surface area contributed by atoms with Crippen LogP contribution in [-0.2, 0) is 4.79 Å². The molecule has 2 aromatic heterocycles. The smallest absolute Gasteiger partial charge is 0.242 e. The van der Waals surface area contributed by atoms with Crippen LogP contribution in [0.25, 0.3) is 11.0 Å². The maximum Gasteiger partial charge on any atom is 0.242 e. The maximum absolute atomic E-state index is 12.3. The van der Waals surface area contributed by atoms with Gasteiger partial charge >= 0.3 is 0 Å². The molecule has 0 aromatic carbocycles. The topological polar surface area (TPSA) is 61.6 Å². The van der Waals surface area contributed by atoms with Crippen molar-refractivity contribution in [3.63, 3.8) is 0 Å². The first kappa shape index (κ1) is 12.9. The molecule has 1 amide bonds. The van der Waals surface area contributed by atoms with E-state index in [0.29, 0.717) is 6.54 Å². The number of nitrogens with zero attached hydrogens (tertiary/aromatic N) is 3. The van der Waals surface area contributed by atoms with Crippen LogP contribution in [0.3, 0.4) is 0 Å². The lowest BCUT2D eigenvalue weighted by Gasteiger charge is -2.29. The molecule has 0 saturated carbocycles. The van der Waals surface area contributed by atoms with E-state index in [2.05, 4.69) is 10.3 Å². The SMILES string of the molecule is CN(CC(=O)N1CCNCC1)c1nccc2occc12. The van der Waals surface area contributed by atoms with Crippen LogP contribution in [0.2, 0.25) is 0 Å². The van der Waals surface area contributed by atoms with Gasteiger partial charge in [-0.15, -0.1) is 0 Å². The van der Waals surface area contributed by atoms with Crippen molar-refractivity contribution >= 4 is 22.7 Å². The maximum atomic E-state index is 12.3. The first-order valence-corrected chi connectivity index (χ1v) is 6.77. The number of aromatic nitrogens is 1. The standard InChI is InChI=1S/C14H18N4O2/c1-17(10-13(19)18-7-5-15-6-8-18)14-11-3-9-20-12(11)2-4-16-14/h2-4,9,15H,5-8,10H2,1H3. The fourth-order valence-electron chi connectivity index (χ4n) is 2.48. The Labute approximate surface area is 117 Å². The molecule has 1 aliphatic rings. The predicted molar refractivity (Wildman–Crippen MR) is 76.7 cm³/mol. The third-order valence-electron chi connectivity index (χ3n) is 3.56. The van der Waals surface area contributed by atoms with Crippen LogP contribution < -0.4 is 10.2 Å². The zero-order valence-corrected chi connectivity index (χ0v) is 11.5. The fraction of sp³-hybridized carbons (Fsp3) is 0.429. The molecule has 2 aromatic rings. The van der Waals surface area contributed by atoms with Gasteiger partial charge in [0.1, 0.15) is 11.4 Å². The van der Waals surface area contributed by atoms with Crippen molar-refractivity contribution < 1.29 is 9.21 Å². The van der Waals surface area contributed by atoms with Crippen LogP contribution in [0.5, 0.6) is 0 Å². The second-order valence-electron chi connectivity index (χ2n) is 4.95. The normalized spacial score (nSPS) is 15.6. The molecule has 6 nitrogen and oxygen atoms in total. The van der Waals surface area contributed by atoms with Crippen molar-refractivity contribution in [2.75, 3.05) is 44.7 Å². The monoisotopic (exact) mass is 274 g/mol. The molecule has 1 saturated heterocycles. The van der Waals surface area contributed by atoms with E-state index >= 15 is 0 Å². The first-order chi connectivity index (χ1) is 9.75. The Hall–Kier alpha value is -2.08. The number of pyridine rings is 1. The summed E-state index contributed by atoms with van der Waals surface area (Å²) in [5.74, 6) is 0.913. The lowest BCUT2D eigenvalue weighted by molar-refractivity contribution is -0.130. The number of hydrogen-bond acceptors (Lipinski definition) is 5. The van der Waals surface area contributed by atoms with Gasteiger partial charge in [0.25, 0.3) is 0 Å². The molecule has 1 fully saturated rings. The number of furan rings is 1. The summed E-state index contributed by atoms with van der Waals surface area (Å²) in [6, 6.07) is 3.70. The summed E-state index contributed by atoms with van der Waals surface area (Å²) >= 11 is 0. The molecule has 1 aliphatic heterocycles. The van der Waals surface area contributed by atoms with E-state index in [1.807, 2.05) is 29.0 Å². The van der Waals surface area contributed by atoms with E-state index in [1.54, 1.807) is 12.5 Å². The van der Waals surface area contributed by atoms with E-state index in [1.165, 1.54) is 0 Å². The zero-order chi connectivity index (χ0) is 13.9. The summed E-state index contributed by atoms with van der Waals surface area (Å²) in [7, 11) is 1.88. The van der Waals surface area contributed by atoms with Gasteiger partial charge in [0.15, 0.2) is 0 Å². The van der Waals surface area contributed by atoms with Crippen LogP contribution in [0, 0.1) is 0 Å². The Kier molecular flexibility index (Phi) is 3.56. The highest BCUT2D eigenvalue weighted by molar-refractivity contribution is 5.90. The lowest BCUT2D eigenvalue weighted by atomic mass is 10.3. The van der Waals surface area contributed by atoms with Crippen molar-refractivity contribution in [3.05, 3.63) is 24.6 Å². The molecule has 3 heterocycles. The number of fused-ring (bicyclic) bond motifs is 1. The van der Waals surface area contributed by atoms with E-state index in [0.717, 1.165) is 43.0 Å². The number of anilines is 1. The van der Waals surface area contributed by atoms with Crippen LogP contribution >= 0.6 is 0 Å². The second-order valence-corrected chi connectivity index (χ2v) is 4.95. The highest BCUT2D eigenvalue weighted by Gasteiger charge is 2.19. The van der Waals surface area contributed by atoms with Gasteiger partial charge < -0.3 is 19.5 Å². The van der Waals surface area contributed by atoms with Crippen LogP contribution in [-0.4, -0.2) is 55.6 Å². The lowest BCUT2D eigenvalue weighted by Crippen LogP contribution is -2.49. The molecule has 1 N–H and O–H groups in total. The summed E-state index contributed by atoms with van der Waals surface area (Å²) in [5.41, 5.74) is 0.788. The summed E-state index contributed by atoms with van der Waals surface area (Å²) in [4.78, 5) is 20.4. The summed E-state index contributed by atoms with van der Waals surface area (Å²) in [5, 5.41) is 4.18. The van der Waals surface area contributed by atoms with Gasteiger partial charge in [0.2, 0.25) is 5.91 Å². The van der Waals surface area contributed by atoms with Crippen molar-refractivity contribution in [2.24, 2.45) is 0 Å². The molecule has 0 radical (unpaired) electrons. The average Bonchev–Trinajstić information content (AvgIpc) is 2.96. The predicted octanol–water partition coefficient (Wildman–Crippen LogP) is 0.696. The molecule has 20 heavy (non-hydrogen) atoms. The van der Waals surface area contributed by atoms with Gasteiger partial charge in [-0.2, -0.15) is 0 Å². The van der Waals surface area contributed by atoms with Crippen molar-refractivity contribution in [3.8, 4) is 0 Å². The Bertz CT molecular complexity index is 604. The number of nitrogens with one attached hydrogen (secondary N) is 1. The Morgan fingerprint density at radius 3 is 3.05 bits per heavy atom. The van der Waals surface area contributed by atoms with Crippen LogP contribution in [0.15, 0.2) is 29.0 Å². The third kappa shape index (κ3) is 2.46. The fourth-order valence-corrected chi connectivity index (χ4v) is 2.48. The van der Waals surface area contributed by atoms with Crippen molar-refractivity contribution in [1.29, 1.82) is 0 Å². The number of amides is 1. The Morgan fingerprint density at radius 2 is 2.25 bits per heavy atom. The highest BCUT2D eigenvalue weighted by atomic mass is 16.3. The molecule has 0 atom stereocenters. The zero-order valence-electron chi connectivity index (χ0n) is 11.5. The number of carbonyl (C=O) groups is 1. The molecular weight excluding hydrogens is 256 g/mol. The van der Waals surface area contributed by atoms with Crippen molar-refractivity contribution in [2.45, 2.75) is 0 Å². The highest BCUT2D eigenvalue weighted by Crippen LogP contribution is 2.24. The minimum atomic E-state index is 0.135. The van der Waals surface area contributed by atoms with E-state index in [-0.39, 0.29) is 5.91 Å². The minimum absolute atomic E-state index is 0.135. The van der Waals surface area contributed by atoms with Gasteiger partial charge in [-0.1, -0.05) is 0 Å². The number of piperazine rings is 1. The Morgan fingerprint density at radius 1 is 1.45 bits per heavy atom. The van der Waals surface area contributed by atoms with E-state index in [9.17, 15) is 4.79 Å². The van der Waals surface area contributed by atoms with Gasteiger partial charge in [0.05, 0.1) is 18.2 Å². The number of likely N-dealkylation sites (N-methyl/N-ethyl adjacent to an activating group) is 1. The molecule has 0 bridgehead atoms. The van der Waals surface area contributed by atoms with Gasteiger partial charge in [-0.3, -0.25) is 4.79 Å². The van der Waals surface area contributed by atoms with Crippen molar-refractivity contribution in [1.82, 2.24) is 15.2 Å². The van der Waals surface area contributed by atoms with Gasteiger partial charge in [-0.25, -0.2) is 4.98 Å². The molecular formula is C14H18N4O2. The molecule has 106 valence electrons. The van der Waals surface area contributed by atoms with Crippen LogP contribution in [0.1, 0.15) is 0 Å². The molecule has 0 spiro atoms. The van der Waals surface area contributed by atoms with Crippen LogP contribution in [0.4, 0.5) is 5.82 Å². The van der Waals surface area contributed by atoms with Gasteiger partial charge in [0, 0.05) is 39.4 Å². The van der Waals surface area contributed by atoms with Gasteiger partial charge in [-0.05, 0) is 12.1 Å². The molecule has 0 aliphatic carbocycles. The molecule has 3 rings (SSSR count). The molecule has 0 unspecified atom stereocenters. The largest absolute Gasteiger partial charge is 0.464 e. The number of carbonyl (C=O) groups excluding carboxylic acids is 1. The molecule has 6 heteroatoms. The summed E-state index contributed by atoms with van der Waals surface area (Å²) in [6.07, 6.45) is 3.34.